The zero-order valence-corrected chi connectivity index (χ0v) is 12.6. The van der Waals surface area contributed by atoms with Crippen molar-refractivity contribution in [2.24, 2.45) is 11.8 Å². The summed E-state index contributed by atoms with van der Waals surface area (Å²) >= 11 is 0. The van der Waals surface area contributed by atoms with Crippen LogP contribution in [0.2, 0.25) is 0 Å². The molecule has 0 aromatic rings. The second-order valence-corrected chi connectivity index (χ2v) is 6.18. The van der Waals surface area contributed by atoms with E-state index in [0.717, 1.165) is 32.4 Å². The number of amides is 2. The van der Waals surface area contributed by atoms with Crippen molar-refractivity contribution in [2.75, 3.05) is 26.2 Å². The van der Waals surface area contributed by atoms with Crippen molar-refractivity contribution >= 4 is 17.8 Å². The Morgan fingerprint density at radius 2 is 1.86 bits per heavy atom. The van der Waals surface area contributed by atoms with E-state index in [4.69, 9.17) is 5.11 Å². The summed E-state index contributed by atoms with van der Waals surface area (Å²) in [6, 6.07) is 0. The summed E-state index contributed by atoms with van der Waals surface area (Å²) in [6.07, 6.45) is 3.44. The van der Waals surface area contributed by atoms with Gasteiger partial charge in [-0.3, -0.25) is 14.4 Å². The molecule has 2 aliphatic rings. The molecule has 2 heterocycles. The molecule has 2 saturated heterocycles. The molecule has 118 valence electrons. The van der Waals surface area contributed by atoms with Gasteiger partial charge in [-0.1, -0.05) is 0 Å². The number of carboxylic acid groups (broad SMARTS) is 1. The van der Waals surface area contributed by atoms with E-state index in [2.05, 4.69) is 0 Å². The Morgan fingerprint density at radius 3 is 2.52 bits per heavy atom. The number of rotatable bonds is 4. The third-order valence-electron chi connectivity index (χ3n) is 4.58. The van der Waals surface area contributed by atoms with Crippen molar-refractivity contribution in [3.63, 3.8) is 0 Å². The fourth-order valence-electron chi connectivity index (χ4n) is 3.32. The number of hydrogen-bond donors (Lipinski definition) is 1. The molecule has 0 radical (unpaired) electrons. The topological polar surface area (TPSA) is 77.9 Å². The standard InChI is InChI=1S/C15H24N2O4/c1-11(18)16-7-2-3-13(10-16)15(21)17-8-6-12(9-17)4-5-14(19)20/h12-13H,2-10H2,1H3,(H,19,20). The minimum atomic E-state index is -0.774. The van der Waals surface area contributed by atoms with Crippen LogP contribution in [0.4, 0.5) is 0 Å². The van der Waals surface area contributed by atoms with Gasteiger partial charge in [-0.2, -0.15) is 0 Å². The first-order valence-corrected chi connectivity index (χ1v) is 7.73. The molecule has 0 spiro atoms. The SMILES string of the molecule is CC(=O)N1CCCC(C(=O)N2CCC(CCC(=O)O)C2)C1. The summed E-state index contributed by atoms with van der Waals surface area (Å²) in [5.74, 6) is -0.380. The number of likely N-dealkylation sites (tertiary alicyclic amines) is 2. The van der Waals surface area contributed by atoms with Crippen LogP contribution in [0.25, 0.3) is 0 Å². The largest absolute Gasteiger partial charge is 0.481 e. The molecule has 6 heteroatoms. The maximum atomic E-state index is 12.5. The Bertz CT molecular complexity index is 424. The van der Waals surface area contributed by atoms with Crippen LogP contribution in [-0.4, -0.2) is 58.9 Å². The molecule has 0 saturated carbocycles. The van der Waals surface area contributed by atoms with Gasteiger partial charge < -0.3 is 14.9 Å². The lowest BCUT2D eigenvalue weighted by Gasteiger charge is -2.33. The van der Waals surface area contributed by atoms with Crippen LogP contribution in [-0.2, 0) is 14.4 Å². The van der Waals surface area contributed by atoms with E-state index in [9.17, 15) is 14.4 Å². The van der Waals surface area contributed by atoms with Gasteiger partial charge in [0.05, 0.1) is 5.92 Å². The maximum Gasteiger partial charge on any atom is 0.303 e. The second kappa shape index (κ2) is 6.91. The molecule has 0 aromatic heterocycles. The first-order valence-electron chi connectivity index (χ1n) is 7.73. The Labute approximate surface area is 125 Å². The Morgan fingerprint density at radius 1 is 1.10 bits per heavy atom. The summed E-state index contributed by atoms with van der Waals surface area (Å²) in [5, 5.41) is 8.72. The Hall–Kier alpha value is -1.59. The van der Waals surface area contributed by atoms with Crippen molar-refractivity contribution in [1.29, 1.82) is 0 Å². The molecule has 2 rings (SSSR count). The van der Waals surface area contributed by atoms with E-state index in [1.165, 1.54) is 0 Å². The predicted molar refractivity (Wildman–Crippen MR) is 76.5 cm³/mol. The molecule has 6 nitrogen and oxygen atoms in total. The molecule has 0 aliphatic carbocycles. The lowest BCUT2D eigenvalue weighted by molar-refractivity contribution is -0.139. The highest BCUT2D eigenvalue weighted by Gasteiger charge is 2.33. The summed E-state index contributed by atoms with van der Waals surface area (Å²) < 4.78 is 0. The number of carbonyl (C=O) groups is 3. The Kier molecular flexibility index (Phi) is 5.20. The average Bonchev–Trinajstić information content (AvgIpc) is 2.93. The number of hydrogen-bond acceptors (Lipinski definition) is 3. The van der Waals surface area contributed by atoms with Crippen LogP contribution < -0.4 is 0 Å². The van der Waals surface area contributed by atoms with E-state index >= 15 is 0 Å². The quantitative estimate of drug-likeness (QED) is 0.838. The summed E-state index contributed by atoms with van der Waals surface area (Å²) in [4.78, 5) is 38.2. The van der Waals surface area contributed by atoms with Crippen LogP contribution in [0.1, 0.15) is 39.0 Å². The fraction of sp³-hybridized carbons (Fsp3) is 0.800. The maximum absolute atomic E-state index is 12.5. The minimum Gasteiger partial charge on any atom is -0.481 e. The number of carboxylic acids is 1. The third-order valence-corrected chi connectivity index (χ3v) is 4.58. The molecular formula is C15H24N2O4. The van der Waals surface area contributed by atoms with Crippen molar-refractivity contribution in [3.05, 3.63) is 0 Å². The predicted octanol–water partition coefficient (Wildman–Crippen LogP) is 0.958. The molecule has 21 heavy (non-hydrogen) atoms. The molecular weight excluding hydrogens is 272 g/mol. The molecule has 2 amide bonds. The molecule has 0 bridgehead atoms. The molecule has 2 fully saturated rings. The van der Waals surface area contributed by atoms with Gasteiger partial charge in [0.25, 0.3) is 0 Å². The van der Waals surface area contributed by atoms with Gasteiger partial charge >= 0.3 is 5.97 Å². The average molecular weight is 296 g/mol. The lowest BCUT2D eigenvalue weighted by Crippen LogP contribution is -2.45. The van der Waals surface area contributed by atoms with Gasteiger partial charge in [0.2, 0.25) is 11.8 Å². The molecule has 1 N–H and O–H groups in total. The van der Waals surface area contributed by atoms with E-state index in [-0.39, 0.29) is 24.2 Å². The van der Waals surface area contributed by atoms with E-state index in [1.807, 2.05) is 4.90 Å². The highest BCUT2D eigenvalue weighted by atomic mass is 16.4. The van der Waals surface area contributed by atoms with E-state index < -0.39 is 5.97 Å². The van der Waals surface area contributed by atoms with Crippen molar-refractivity contribution < 1.29 is 19.5 Å². The number of aliphatic carboxylic acids is 1. The molecule has 2 unspecified atom stereocenters. The van der Waals surface area contributed by atoms with Gasteiger partial charge in [0.15, 0.2) is 0 Å². The highest BCUT2D eigenvalue weighted by Crippen LogP contribution is 2.25. The number of carbonyl (C=O) groups excluding carboxylic acids is 2. The zero-order chi connectivity index (χ0) is 15.4. The van der Waals surface area contributed by atoms with Crippen molar-refractivity contribution in [2.45, 2.75) is 39.0 Å². The first kappa shape index (κ1) is 15.8. The van der Waals surface area contributed by atoms with Crippen LogP contribution >= 0.6 is 0 Å². The lowest BCUT2D eigenvalue weighted by atomic mass is 9.96. The van der Waals surface area contributed by atoms with Gasteiger partial charge in [-0.25, -0.2) is 0 Å². The van der Waals surface area contributed by atoms with Crippen molar-refractivity contribution in [3.8, 4) is 0 Å². The van der Waals surface area contributed by atoms with Gasteiger partial charge in [0.1, 0.15) is 0 Å². The number of piperidine rings is 1. The van der Waals surface area contributed by atoms with Gasteiger partial charge in [-0.05, 0) is 31.6 Å². The summed E-state index contributed by atoms with van der Waals surface area (Å²) in [5.41, 5.74) is 0. The number of nitrogens with zero attached hydrogens (tertiary/aromatic N) is 2. The van der Waals surface area contributed by atoms with E-state index in [1.54, 1.807) is 11.8 Å². The van der Waals surface area contributed by atoms with Gasteiger partial charge in [-0.15, -0.1) is 0 Å². The zero-order valence-electron chi connectivity index (χ0n) is 12.6. The van der Waals surface area contributed by atoms with Crippen LogP contribution in [0, 0.1) is 11.8 Å². The molecule has 2 atom stereocenters. The first-order chi connectivity index (χ1) is 9.97. The third kappa shape index (κ3) is 4.19. The van der Waals surface area contributed by atoms with Crippen LogP contribution in [0.15, 0.2) is 0 Å². The van der Waals surface area contributed by atoms with Crippen LogP contribution in [0.5, 0.6) is 0 Å². The van der Waals surface area contributed by atoms with Crippen LogP contribution in [0.3, 0.4) is 0 Å². The molecule has 0 aromatic carbocycles. The Balaban J connectivity index is 1.83. The summed E-state index contributed by atoms with van der Waals surface area (Å²) in [6.45, 7) is 4.22. The van der Waals surface area contributed by atoms with Crippen molar-refractivity contribution in [1.82, 2.24) is 9.80 Å². The normalized spacial score (nSPS) is 26.0. The fourth-order valence-corrected chi connectivity index (χ4v) is 3.32. The highest BCUT2D eigenvalue weighted by molar-refractivity contribution is 5.81. The minimum absolute atomic E-state index is 0.0354. The van der Waals surface area contributed by atoms with E-state index in [0.29, 0.717) is 25.4 Å². The van der Waals surface area contributed by atoms with Gasteiger partial charge in [0, 0.05) is 39.5 Å². The smallest absolute Gasteiger partial charge is 0.303 e. The summed E-state index contributed by atoms with van der Waals surface area (Å²) in [7, 11) is 0. The monoisotopic (exact) mass is 296 g/mol. The second-order valence-electron chi connectivity index (χ2n) is 6.18. The molecule has 2 aliphatic heterocycles.